The predicted molar refractivity (Wildman–Crippen MR) is 155 cm³/mol. The molecule has 0 aliphatic heterocycles. The van der Waals surface area contributed by atoms with Gasteiger partial charge in [-0.1, -0.05) is 57.5 Å². The van der Waals surface area contributed by atoms with E-state index in [-0.39, 0.29) is 17.9 Å². The lowest BCUT2D eigenvalue weighted by Crippen LogP contribution is -2.08. The predicted octanol–water partition coefficient (Wildman–Crippen LogP) is 7.78. The van der Waals surface area contributed by atoms with Crippen LogP contribution in [0.3, 0.4) is 0 Å². The number of methoxy groups -OCH3 is 1. The van der Waals surface area contributed by atoms with E-state index in [1.54, 1.807) is 0 Å². The van der Waals surface area contributed by atoms with E-state index < -0.39 is 0 Å². The first-order valence-electron chi connectivity index (χ1n) is 14.0. The zero-order valence-corrected chi connectivity index (χ0v) is 23.5. The van der Waals surface area contributed by atoms with Gasteiger partial charge in [-0.2, -0.15) is 0 Å². The number of ether oxygens (including phenoxy) is 2. The Hall–Kier alpha value is -3.86. The average Bonchev–Trinajstić information content (AvgIpc) is 3.31. The van der Waals surface area contributed by atoms with E-state index in [2.05, 4.69) is 45.0 Å². The summed E-state index contributed by atoms with van der Waals surface area (Å²) in [5, 5.41) is 0. The second-order valence-corrected chi connectivity index (χ2v) is 10.5. The van der Waals surface area contributed by atoms with Crippen LogP contribution in [0, 0.1) is 5.92 Å². The van der Waals surface area contributed by atoms with Crippen molar-refractivity contribution in [1.29, 1.82) is 0 Å². The number of hydrogen-bond donors (Lipinski definition) is 0. The van der Waals surface area contributed by atoms with E-state index in [4.69, 9.17) is 9.47 Å². The minimum atomic E-state index is -0.223. The molecular weight excluding hydrogens is 486 g/mol. The number of nitrogens with zero attached hydrogens (tertiary/aromatic N) is 1. The van der Waals surface area contributed by atoms with Crippen LogP contribution in [0.4, 0.5) is 0 Å². The number of benzene rings is 2. The van der Waals surface area contributed by atoms with Crippen molar-refractivity contribution >= 4 is 17.3 Å². The third-order valence-corrected chi connectivity index (χ3v) is 6.98. The fourth-order valence-corrected chi connectivity index (χ4v) is 5.01. The van der Waals surface area contributed by atoms with Gasteiger partial charge in [-0.05, 0) is 85.2 Å². The number of hydrogen-bond acceptors (Lipinski definition) is 4. The maximum absolute atomic E-state index is 13.5. The second-order valence-electron chi connectivity index (χ2n) is 10.5. The fourth-order valence-electron chi connectivity index (χ4n) is 5.01. The molecule has 0 saturated heterocycles. The molecule has 0 amide bonds. The smallest absolute Gasteiger partial charge is 0.305 e. The van der Waals surface area contributed by atoms with E-state index in [0.717, 1.165) is 36.2 Å². The first-order chi connectivity index (χ1) is 18.9. The molecule has 0 radical (unpaired) electrons. The Kier molecular flexibility index (Phi) is 9.59. The molecule has 2 aromatic heterocycles. The molecule has 5 heteroatoms. The van der Waals surface area contributed by atoms with Gasteiger partial charge in [0.25, 0.3) is 0 Å². The summed E-state index contributed by atoms with van der Waals surface area (Å²) in [4.78, 5) is 25.1. The van der Waals surface area contributed by atoms with E-state index >= 15 is 0 Å². The van der Waals surface area contributed by atoms with Gasteiger partial charge < -0.3 is 13.9 Å². The molecular formula is C34H39NO4. The summed E-state index contributed by atoms with van der Waals surface area (Å²) in [6.07, 6.45) is 6.61. The Labute approximate surface area is 231 Å². The van der Waals surface area contributed by atoms with Crippen LogP contribution in [0.1, 0.15) is 85.3 Å². The quantitative estimate of drug-likeness (QED) is 0.132. The average molecular weight is 526 g/mol. The molecule has 0 saturated carbocycles. The molecule has 0 fully saturated rings. The van der Waals surface area contributed by atoms with Gasteiger partial charge in [0.2, 0.25) is 0 Å². The lowest BCUT2D eigenvalue weighted by atomic mass is 9.99. The number of rotatable bonds is 13. The van der Waals surface area contributed by atoms with E-state index in [0.29, 0.717) is 36.3 Å². The second kappa shape index (κ2) is 13.3. The highest BCUT2D eigenvalue weighted by molar-refractivity contribution is 6.13. The summed E-state index contributed by atoms with van der Waals surface area (Å²) in [5.41, 5.74) is 5.65. The van der Waals surface area contributed by atoms with Crippen molar-refractivity contribution in [3.8, 4) is 5.75 Å². The first kappa shape index (κ1) is 28.2. The third-order valence-electron chi connectivity index (χ3n) is 6.98. The highest BCUT2D eigenvalue weighted by Gasteiger charge is 2.18. The molecule has 204 valence electrons. The number of ketones is 1. The molecule has 0 aliphatic carbocycles. The van der Waals surface area contributed by atoms with Crippen molar-refractivity contribution in [3.05, 3.63) is 107 Å². The SMILES string of the molecule is CCC[C@H](Oc1ccc(C(=O)c2cc(CCCC(=O)OC)n3ccccc23)cc1)c1ccc(CC(C)C)cc1. The van der Waals surface area contributed by atoms with Crippen molar-refractivity contribution in [3.63, 3.8) is 0 Å². The molecule has 0 unspecified atom stereocenters. The van der Waals surface area contributed by atoms with E-state index in [1.807, 2.05) is 59.1 Å². The number of pyridine rings is 1. The van der Waals surface area contributed by atoms with Crippen LogP contribution in [0.25, 0.3) is 5.52 Å². The van der Waals surface area contributed by atoms with Crippen LogP contribution < -0.4 is 4.74 Å². The summed E-state index contributed by atoms with van der Waals surface area (Å²) in [6.45, 7) is 6.63. The number of aromatic nitrogens is 1. The summed E-state index contributed by atoms with van der Waals surface area (Å²) < 4.78 is 13.2. The van der Waals surface area contributed by atoms with E-state index in [1.165, 1.54) is 18.2 Å². The Morgan fingerprint density at radius 1 is 0.949 bits per heavy atom. The van der Waals surface area contributed by atoms with Gasteiger partial charge in [-0.25, -0.2) is 0 Å². The Morgan fingerprint density at radius 2 is 1.69 bits per heavy atom. The fraction of sp³-hybridized carbons (Fsp3) is 0.353. The first-order valence-corrected chi connectivity index (χ1v) is 14.0. The summed E-state index contributed by atoms with van der Waals surface area (Å²) in [6, 6.07) is 24.0. The van der Waals surface area contributed by atoms with Gasteiger partial charge in [-0.3, -0.25) is 9.59 Å². The standard InChI is InChI=1S/C34H39NO4/c1-5-9-32(26-15-13-25(14-16-26)22-24(2)3)39-29-19-17-27(18-20-29)34(37)30-23-28(10-8-12-33(36)38-4)35-21-7-6-11-31(30)35/h6-7,11,13-21,23-24,32H,5,8-10,12,22H2,1-4H3/t32-/m0/s1. The number of carbonyl (C=O) groups is 2. The molecule has 4 rings (SSSR count). The Balaban J connectivity index is 1.49. The van der Waals surface area contributed by atoms with Crippen molar-refractivity contribution in [2.45, 2.75) is 65.4 Å². The van der Waals surface area contributed by atoms with Crippen molar-refractivity contribution in [2.75, 3.05) is 7.11 Å². The minimum absolute atomic E-state index is 0.0321. The van der Waals surface area contributed by atoms with Gasteiger partial charge in [0, 0.05) is 29.4 Å². The van der Waals surface area contributed by atoms with Gasteiger partial charge >= 0.3 is 5.97 Å². The lowest BCUT2D eigenvalue weighted by molar-refractivity contribution is -0.140. The van der Waals surface area contributed by atoms with Gasteiger partial charge in [-0.15, -0.1) is 0 Å². The maximum atomic E-state index is 13.5. The Morgan fingerprint density at radius 3 is 2.36 bits per heavy atom. The minimum Gasteiger partial charge on any atom is -0.486 e. The number of carbonyl (C=O) groups excluding carboxylic acids is 2. The number of aryl methyl sites for hydroxylation is 1. The molecule has 0 spiro atoms. The van der Waals surface area contributed by atoms with Gasteiger partial charge in [0.15, 0.2) is 5.78 Å². The monoisotopic (exact) mass is 525 g/mol. The highest BCUT2D eigenvalue weighted by Crippen LogP contribution is 2.28. The van der Waals surface area contributed by atoms with Gasteiger partial charge in [0.1, 0.15) is 11.9 Å². The van der Waals surface area contributed by atoms with Crippen LogP contribution in [0.15, 0.2) is 79.0 Å². The van der Waals surface area contributed by atoms with Crippen LogP contribution in [0.5, 0.6) is 5.75 Å². The van der Waals surface area contributed by atoms with Gasteiger partial charge in [0.05, 0.1) is 12.6 Å². The topological polar surface area (TPSA) is 57.0 Å². The van der Waals surface area contributed by atoms with Crippen molar-refractivity contribution in [1.82, 2.24) is 4.40 Å². The zero-order valence-electron chi connectivity index (χ0n) is 23.5. The van der Waals surface area contributed by atoms with Crippen LogP contribution in [-0.4, -0.2) is 23.3 Å². The summed E-state index contributed by atoms with van der Waals surface area (Å²) in [7, 11) is 1.40. The molecule has 5 nitrogen and oxygen atoms in total. The van der Waals surface area contributed by atoms with Crippen molar-refractivity contribution in [2.24, 2.45) is 5.92 Å². The summed E-state index contributed by atoms with van der Waals surface area (Å²) >= 11 is 0. The molecule has 1 atom stereocenters. The Bertz CT molecular complexity index is 1380. The molecule has 2 heterocycles. The zero-order chi connectivity index (χ0) is 27.8. The summed E-state index contributed by atoms with van der Waals surface area (Å²) in [5.74, 6) is 1.12. The molecule has 0 N–H and O–H groups in total. The van der Waals surface area contributed by atoms with Crippen LogP contribution in [-0.2, 0) is 22.4 Å². The van der Waals surface area contributed by atoms with E-state index in [9.17, 15) is 9.59 Å². The largest absolute Gasteiger partial charge is 0.486 e. The lowest BCUT2D eigenvalue weighted by Gasteiger charge is -2.20. The third kappa shape index (κ3) is 7.17. The van der Waals surface area contributed by atoms with Crippen LogP contribution >= 0.6 is 0 Å². The molecule has 2 aromatic carbocycles. The molecule has 0 bridgehead atoms. The molecule has 4 aromatic rings. The van der Waals surface area contributed by atoms with Crippen LogP contribution in [0.2, 0.25) is 0 Å². The normalized spacial score (nSPS) is 12.0. The maximum Gasteiger partial charge on any atom is 0.305 e. The molecule has 39 heavy (non-hydrogen) atoms. The number of esters is 1. The highest BCUT2D eigenvalue weighted by atomic mass is 16.5. The number of fused-ring (bicyclic) bond motifs is 1. The molecule has 0 aliphatic rings. The van der Waals surface area contributed by atoms with Crippen molar-refractivity contribution < 1.29 is 19.1 Å².